The van der Waals surface area contributed by atoms with Crippen molar-refractivity contribution in [3.05, 3.63) is 98.0 Å². The summed E-state index contributed by atoms with van der Waals surface area (Å²) >= 11 is 0. The van der Waals surface area contributed by atoms with Gasteiger partial charge in [-0.1, -0.05) is 30.3 Å². The van der Waals surface area contributed by atoms with Gasteiger partial charge >= 0.3 is 0 Å². The molecule has 0 unspecified atom stereocenters. The number of aliphatic hydroxyl groups is 1. The normalized spacial score (nSPS) is 27.3. The van der Waals surface area contributed by atoms with E-state index in [1.54, 1.807) is 21.6 Å². The number of aromatic hydroxyl groups is 1. The number of carbonyl (C=O) groups excluding carboxylic acids is 1. The third-order valence-electron chi connectivity index (χ3n) is 9.92. The van der Waals surface area contributed by atoms with Crippen LogP contribution in [0.15, 0.2) is 53.3 Å². The topological polar surface area (TPSA) is 86.0 Å². The van der Waals surface area contributed by atoms with Crippen molar-refractivity contribution < 1.29 is 15.0 Å². The van der Waals surface area contributed by atoms with Crippen LogP contribution in [-0.4, -0.2) is 55.7 Å². The minimum Gasteiger partial charge on any atom is -0.508 e. The second-order valence-corrected chi connectivity index (χ2v) is 11.7. The molecule has 2 aliphatic heterocycles. The van der Waals surface area contributed by atoms with Crippen molar-refractivity contribution in [2.75, 3.05) is 13.6 Å². The standard InChI is InChI=1S/C31H33N3O4/c1-3-34-26-16-30-10-11-32(2)27(13-19-8-9-23(35)14-25(19)30)31(30,38)15-22(26)12-24(29(34)37)28(36)33-17-20-6-4-5-7-21(20)18-33/h4-9,12,14,27,35,38H,3,10-11,13,15-18H2,1-2H3/t27-,30-,31-/m1/s1. The SMILES string of the molecule is CCn1c2c(cc(C(=O)N3Cc4ccccc4C3)c1=O)C[C@@]1(O)[C@H]3Cc4ccc(O)cc4[C@@]1(CCN3C)C2. The Morgan fingerprint density at radius 2 is 1.76 bits per heavy atom. The van der Waals surface area contributed by atoms with Crippen LogP contribution in [0.4, 0.5) is 0 Å². The minimum absolute atomic E-state index is 0.0873. The molecule has 7 heteroatoms. The zero-order valence-electron chi connectivity index (χ0n) is 21.9. The van der Waals surface area contributed by atoms with Gasteiger partial charge in [0.2, 0.25) is 0 Å². The van der Waals surface area contributed by atoms with Crippen LogP contribution in [-0.2, 0) is 44.3 Å². The maximum absolute atomic E-state index is 13.8. The number of hydrogen-bond donors (Lipinski definition) is 2. The summed E-state index contributed by atoms with van der Waals surface area (Å²) in [5.41, 5.74) is 4.42. The maximum atomic E-state index is 13.8. The minimum atomic E-state index is -1.08. The average Bonchev–Trinajstić information content (AvgIpc) is 3.34. The van der Waals surface area contributed by atoms with Gasteiger partial charge in [0, 0.05) is 49.6 Å². The van der Waals surface area contributed by atoms with Gasteiger partial charge < -0.3 is 24.6 Å². The van der Waals surface area contributed by atoms with Crippen molar-refractivity contribution in [3.8, 4) is 5.75 Å². The molecule has 7 rings (SSSR count). The summed E-state index contributed by atoms with van der Waals surface area (Å²) in [6.45, 7) is 4.22. The van der Waals surface area contributed by atoms with E-state index in [9.17, 15) is 19.8 Å². The van der Waals surface area contributed by atoms with Crippen molar-refractivity contribution in [1.82, 2.24) is 14.4 Å². The molecule has 3 aromatic rings. The zero-order valence-corrected chi connectivity index (χ0v) is 21.9. The number of benzene rings is 2. The van der Waals surface area contributed by atoms with Crippen molar-refractivity contribution >= 4 is 5.91 Å². The first kappa shape index (κ1) is 23.7. The highest BCUT2D eigenvalue weighted by atomic mass is 16.3. The molecule has 2 aromatic carbocycles. The number of aromatic nitrogens is 1. The number of fused-ring (bicyclic) bond motifs is 3. The fourth-order valence-electron chi connectivity index (χ4n) is 7.97. The van der Waals surface area contributed by atoms with Crippen molar-refractivity contribution in [2.45, 2.75) is 69.3 Å². The van der Waals surface area contributed by atoms with E-state index in [0.717, 1.165) is 46.5 Å². The monoisotopic (exact) mass is 511 g/mol. The Labute approximate surface area is 221 Å². The van der Waals surface area contributed by atoms with Crippen LogP contribution in [0, 0.1) is 0 Å². The molecule has 0 radical (unpaired) electrons. The molecule has 7 nitrogen and oxygen atoms in total. The van der Waals surface area contributed by atoms with Crippen LogP contribution in [0.1, 0.15) is 57.2 Å². The summed E-state index contributed by atoms with van der Waals surface area (Å²) in [7, 11) is 2.07. The van der Waals surface area contributed by atoms with Gasteiger partial charge in [0.05, 0.1) is 5.60 Å². The largest absolute Gasteiger partial charge is 0.508 e. The molecule has 1 saturated heterocycles. The van der Waals surface area contributed by atoms with Crippen molar-refractivity contribution in [2.24, 2.45) is 0 Å². The maximum Gasteiger partial charge on any atom is 0.263 e. The molecule has 1 fully saturated rings. The Morgan fingerprint density at radius 1 is 1.03 bits per heavy atom. The number of carbonyl (C=O) groups is 1. The number of likely N-dealkylation sites (N-methyl/N-ethyl adjacent to an activating group) is 1. The molecule has 2 aliphatic carbocycles. The highest BCUT2D eigenvalue weighted by Crippen LogP contribution is 2.57. The summed E-state index contributed by atoms with van der Waals surface area (Å²) in [5, 5.41) is 23.0. The number of pyridine rings is 1. The Morgan fingerprint density at radius 3 is 2.47 bits per heavy atom. The summed E-state index contributed by atoms with van der Waals surface area (Å²) in [6, 6.07) is 15.2. The summed E-state index contributed by atoms with van der Waals surface area (Å²) in [5.74, 6) is -0.0520. The van der Waals surface area contributed by atoms with Gasteiger partial charge in [-0.3, -0.25) is 9.59 Å². The van der Waals surface area contributed by atoms with E-state index < -0.39 is 11.0 Å². The lowest BCUT2D eigenvalue weighted by atomic mass is 9.49. The van der Waals surface area contributed by atoms with E-state index in [1.807, 2.05) is 43.3 Å². The van der Waals surface area contributed by atoms with Gasteiger partial charge in [0.25, 0.3) is 11.5 Å². The predicted molar refractivity (Wildman–Crippen MR) is 143 cm³/mol. The lowest BCUT2D eigenvalue weighted by Crippen LogP contribution is -2.73. The summed E-state index contributed by atoms with van der Waals surface area (Å²) in [4.78, 5) is 31.5. The lowest BCUT2D eigenvalue weighted by Gasteiger charge is -2.63. The second kappa shape index (κ2) is 8.04. The van der Waals surface area contributed by atoms with Crippen LogP contribution in [0.3, 0.4) is 0 Å². The number of phenolic OH excluding ortho intramolecular Hbond substituents is 1. The van der Waals surface area contributed by atoms with Crippen LogP contribution in [0.5, 0.6) is 5.75 Å². The lowest BCUT2D eigenvalue weighted by molar-refractivity contribution is -0.145. The first-order valence-electron chi connectivity index (χ1n) is 13.6. The fourth-order valence-corrected chi connectivity index (χ4v) is 7.97. The molecular formula is C31H33N3O4. The number of rotatable bonds is 2. The van der Waals surface area contributed by atoms with E-state index in [2.05, 4.69) is 11.9 Å². The van der Waals surface area contributed by atoms with E-state index in [0.29, 0.717) is 38.9 Å². The highest BCUT2D eigenvalue weighted by Gasteiger charge is 2.64. The molecule has 1 amide bonds. The molecule has 196 valence electrons. The third kappa shape index (κ3) is 3.03. The van der Waals surface area contributed by atoms with E-state index in [-0.39, 0.29) is 28.8 Å². The number of amides is 1. The quantitative estimate of drug-likeness (QED) is 0.553. The van der Waals surface area contributed by atoms with Crippen LogP contribution in [0.2, 0.25) is 0 Å². The van der Waals surface area contributed by atoms with Gasteiger partial charge in [-0.25, -0.2) is 0 Å². The zero-order chi connectivity index (χ0) is 26.4. The summed E-state index contributed by atoms with van der Waals surface area (Å²) in [6.07, 6.45) is 2.31. The second-order valence-electron chi connectivity index (χ2n) is 11.7. The van der Waals surface area contributed by atoms with Gasteiger partial charge in [0.15, 0.2) is 0 Å². The molecule has 3 atom stereocenters. The predicted octanol–water partition coefficient (Wildman–Crippen LogP) is 2.76. The molecule has 38 heavy (non-hydrogen) atoms. The van der Waals surface area contributed by atoms with E-state index in [1.165, 1.54) is 0 Å². The van der Waals surface area contributed by atoms with Crippen molar-refractivity contribution in [3.63, 3.8) is 0 Å². The molecule has 4 aliphatic rings. The molecule has 0 spiro atoms. The number of likely N-dealkylation sites (tertiary alicyclic amines) is 1. The Hall–Kier alpha value is -3.42. The molecule has 2 bridgehead atoms. The highest BCUT2D eigenvalue weighted by molar-refractivity contribution is 5.94. The van der Waals surface area contributed by atoms with Crippen LogP contribution < -0.4 is 5.56 Å². The van der Waals surface area contributed by atoms with Gasteiger partial charge in [0.1, 0.15) is 11.3 Å². The first-order chi connectivity index (χ1) is 18.3. The van der Waals surface area contributed by atoms with E-state index >= 15 is 0 Å². The smallest absolute Gasteiger partial charge is 0.263 e. The van der Waals surface area contributed by atoms with Crippen LogP contribution in [0.25, 0.3) is 0 Å². The molecule has 2 N–H and O–H groups in total. The van der Waals surface area contributed by atoms with Gasteiger partial charge in [-0.2, -0.15) is 0 Å². The number of hydrogen-bond acceptors (Lipinski definition) is 5. The molecule has 3 heterocycles. The fraction of sp³-hybridized carbons (Fsp3) is 0.419. The molecule has 1 aromatic heterocycles. The van der Waals surface area contributed by atoms with E-state index in [4.69, 9.17) is 0 Å². The first-order valence-corrected chi connectivity index (χ1v) is 13.6. The Bertz CT molecular complexity index is 1540. The molecule has 0 saturated carbocycles. The number of phenols is 1. The third-order valence-corrected chi connectivity index (χ3v) is 9.92. The number of nitrogens with zero attached hydrogens (tertiary/aromatic N) is 3. The van der Waals surface area contributed by atoms with Gasteiger partial charge in [-0.05, 0) is 79.4 Å². The number of piperidine rings is 1. The Kier molecular flexibility index (Phi) is 5.01. The van der Waals surface area contributed by atoms with Gasteiger partial charge in [-0.15, -0.1) is 0 Å². The van der Waals surface area contributed by atoms with Crippen LogP contribution >= 0.6 is 0 Å². The Balaban J connectivity index is 1.36. The summed E-state index contributed by atoms with van der Waals surface area (Å²) < 4.78 is 1.75. The average molecular weight is 512 g/mol. The van der Waals surface area contributed by atoms with Crippen molar-refractivity contribution in [1.29, 1.82) is 0 Å². The molecular weight excluding hydrogens is 478 g/mol.